The van der Waals surface area contributed by atoms with Gasteiger partial charge in [0, 0.05) is 20.2 Å². The van der Waals surface area contributed by atoms with Crippen molar-refractivity contribution in [2.45, 2.75) is 0 Å². The van der Waals surface area contributed by atoms with Crippen LogP contribution >= 0.6 is 11.3 Å². The van der Waals surface area contributed by atoms with Crippen LogP contribution in [-0.2, 0) is 0 Å². The lowest BCUT2D eigenvalue weighted by atomic mass is 9.84. The van der Waals surface area contributed by atoms with Gasteiger partial charge in [-0.15, -0.1) is 11.3 Å². The molecule has 0 bridgehead atoms. The Balaban J connectivity index is 1.54. The Hall–Kier alpha value is -5.24. The molecule has 0 aliphatic rings. The van der Waals surface area contributed by atoms with E-state index in [0.717, 1.165) is 0 Å². The van der Waals surface area contributed by atoms with Gasteiger partial charge in [0.2, 0.25) is 0 Å². The largest absolute Gasteiger partial charge is 0.135 e. The molecule has 0 radical (unpaired) electrons. The Labute approximate surface area is 290 Å². The summed E-state index contributed by atoms with van der Waals surface area (Å²) in [7, 11) is 0. The van der Waals surface area contributed by atoms with Gasteiger partial charge in [0.15, 0.2) is 0 Å². The minimum absolute atomic E-state index is 0.0544. The van der Waals surface area contributed by atoms with E-state index in [2.05, 4.69) is 0 Å². The van der Waals surface area contributed by atoms with Crippen molar-refractivity contribution in [1.29, 1.82) is 0 Å². The van der Waals surface area contributed by atoms with Crippen LogP contribution in [0.15, 0.2) is 157 Å². The third kappa shape index (κ3) is 3.82. The van der Waals surface area contributed by atoms with E-state index in [0.29, 0.717) is 11.3 Å². The van der Waals surface area contributed by atoms with Crippen molar-refractivity contribution in [2.24, 2.45) is 0 Å². The third-order valence-corrected chi connectivity index (χ3v) is 7.97. The summed E-state index contributed by atoms with van der Waals surface area (Å²) in [5.74, 6) is 0. The SMILES string of the molecule is [2H]c1c([2H])c(-c2c3c([2H])c([2H])c([2H])c([2H])c3c(-c3c([2H])c([2H])c([2H])c4c([2H])c([2H])c([2H])c([2H])c34)c3c([2H])c([2H])c([2H])c([2H])c23)c([2H])c([2H])c1-c1c([2H])c([2H])c2sc3c([2H])c([2H])c([2H])c([2H])c3c2c1[2H]. The maximum Gasteiger partial charge on any atom is 0.0638 e. The lowest BCUT2D eigenvalue weighted by Crippen LogP contribution is -1.91. The van der Waals surface area contributed by atoms with Crippen LogP contribution in [0.25, 0.3) is 85.9 Å². The van der Waals surface area contributed by atoms with Crippen molar-refractivity contribution >= 4 is 63.8 Å². The molecule has 0 N–H and O–H groups in total. The van der Waals surface area contributed by atoms with Crippen molar-refractivity contribution in [3.63, 3.8) is 0 Å². The second-order valence-corrected chi connectivity index (χ2v) is 10.3. The Morgan fingerprint density at radius 2 is 0.860 bits per heavy atom. The molecule has 0 spiro atoms. The highest BCUT2D eigenvalue weighted by Crippen LogP contribution is 2.45. The number of hydrogen-bond donors (Lipinski definition) is 0. The normalized spacial score (nSPS) is 20.2. The summed E-state index contributed by atoms with van der Waals surface area (Å²) in [4.78, 5) is 0. The predicted molar refractivity (Wildman–Crippen MR) is 188 cm³/mol. The van der Waals surface area contributed by atoms with Gasteiger partial charge in [0.05, 0.1) is 35.6 Å². The lowest BCUT2D eigenvalue weighted by Gasteiger charge is -2.19. The highest BCUT2D eigenvalue weighted by Gasteiger charge is 2.18. The summed E-state index contributed by atoms with van der Waals surface area (Å²) in [6, 6.07) is -22.4. The van der Waals surface area contributed by atoms with Crippen molar-refractivity contribution in [2.75, 3.05) is 0 Å². The molecule has 1 heteroatoms. The van der Waals surface area contributed by atoms with Crippen molar-refractivity contribution in [1.82, 2.24) is 0 Å². The molecule has 1 aromatic heterocycles. The Bertz CT molecular complexity index is 3850. The molecular weight excluding hydrogens is 537 g/mol. The maximum atomic E-state index is 9.53. The molecule has 43 heavy (non-hydrogen) atoms. The van der Waals surface area contributed by atoms with Crippen LogP contribution in [0.4, 0.5) is 0 Å². The molecule has 200 valence electrons. The van der Waals surface area contributed by atoms with Crippen LogP contribution in [-0.4, -0.2) is 0 Å². The smallest absolute Gasteiger partial charge is 0.0638 e. The average Bonchev–Trinajstić information content (AvgIpc) is 3.73. The summed E-state index contributed by atoms with van der Waals surface area (Å²) >= 11 is 0.716. The van der Waals surface area contributed by atoms with E-state index in [1.54, 1.807) is 0 Å². The first kappa shape index (κ1) is 9.91. The summed E-state index contributed by atoms with van der Waals surface area (Å²) in [5.41, 5.74) is -4.31. The zero-order valence-corrected chi connectivity index (χ0v) is 22.2. The van der Waals surface area contributed by atoms with Gasteiger partial charge < -0.3 is 0 Å². The molecule has 1 heterocycles. The zero-order valence-electron chi connectivity index (χ0n) is 47.4. The number of rotatable bonds is 3. The summed E-state index contributed by atoms with van der Waals surface area (Å²) in [6.07, 6.45) is 0. The minimum atomic E-state index is -1.04. The van der Waals surface area contributed by atoms with Crippen molar-refractivity contribution in [3.05, 3.63) is 157 Å². The van der Waals surface area contributed by atoms with Crippen LogP contribution in [0.5, 0.6) is 0 Å². The first-order chi connectivity index (χ1) is 32.2. The fourth-order valence-electron chi connectivity index (χ4n) is 5.12. The van der Waals surface area contributed by atoms with Crippen LogP contribution in [0, 0.1) is 0 Å². The van der Waals surface area contributed by atoms with E-state index in [-0.39, 0.29) is 20.2 Å². The van der Waals surface area contributed by atoms with Crippen LogP contribution in [0.3, 0.4) is 0 Å². The number of hydrogen-bond acceptors (Lipinski definition) is 1. The summed E-state index contributed by atoms with van der Waals surface area (Å²) < 4.78 is 232. The predicted octanol–water partition coefficient (Wildman–Crippen LogP) is 12.5. The van der Waals surface area contributed by atoms with Gasteiger partial charge in [-0.25, -0.2) is 0 Å². The number of benzene rings is 8. The second kappa shape index (κ2) is 9.66. The first-order valence-electron chi connectivity index (χ1n) is 25.7. The van der Waals surface area contributed by atoms with E-state index in [4.69, 9.17) is 21.9 Å². The molecule has 0 atom stereocenters. The standard InChI is InChI=1S/C42H26S/c1-2-12-31-28(10-1)11-9-18-33(31)42-36-16-5-3-14-34(36)41(35-15-4-6-17-37(35)42)29-22-20-27(21-23-29)30-24-25-40-38(26-30)32-13-7-8-19-39(32)43-40/h1-26H/i1D,2D,3D,4D,5D,6D,7D,8D,9D,10D,11D,12D,13D,14D,15D,16D,17D,18D,19D,20D,21D,22D,23D,24D,25D,26D. The third-order valence-electron chi connectivity index (χ3n) is 6.95. The summed E-state index contributed by atoms with van der Waals surface area (Å²) in [5, 5.41) is -4.48. The maximum absolute atomic E-state index is 9.53. The topological polar surface area (TPSA) is 0 Å². The molecular formula is C42H26S. The fourth-order valence-corrected chi connectivity index (χ4v) is 6.03. The van der Waals surface area contributed by atoms with Gasteiger partial charge in [-0.1, -0.05) is 139 Å². The van der Waals surface area contributed by atoms with Gasteiger partial charge in [0.25, 0.3) is 0 Å². The van der Waals surface area contributed by atoms with E-state index < -0.39 is 223 Å². The van der Waals surface area contributed by atoms with Crippen LogP contribution in [0.1, 0.15) is 35.6 Å². The van der Waals surface area contributed by atoms with E-state index in [9.17, 15) is 13.7 Å². The van der Waals surface area contributed by atoms with E-state index >= 15 is 0 Å². The summed E-state index contributed by atoms with van der Waals surface area (Å²) in [6.45, 7) is 0. The van der Waals surface area contributed by atoms with Gasteiger partial charge in [-0.05, 0) is 83.8 Å². The fraction of sp³-hybridized carbons (Fsp3) is 0. The molecule has 8 aromatic carbocycles. The van der Waals surface area contributed by atoms with Crippen molar-refractivity contribution < 1.29 is 35.6 Å². The molecule has 0 nitrogen and oxygen atoms in total. The highest BCUT2D eigenvalue weighted by molar-refractivity contribution is 7.25. The molecule has 9 rings (SSSR count). The Kier molecular flexibility index (Phi) is 2.23. The van der Waals surface area contributed by atoms with Crippen LogP contribution in [0.2, 0.25) is 0 Å². The number of fused-ring (bicyclic) bond motifs is 6. The molecule has 0 aliphatic heterocycles. The van der Waals surface area contributed by atoms with Gasteiger partial charge >= 0.3 is 0 Å². The molecule has 0 unspecified atom stereocenters. The Morgan fingerprint density at radius 1 is 0.349 bits per heavy atom. The average molecular weight is 589 g/mol. The monoisotopic (exact) mass is 588 g/mol. The van der Waals surface area contributed by atoms with Gasteiger partial charge in [0.1, 0.15) is 0 Å². The van der Waals surface area contributed by atoms with Crippen molar-refractivity contribution in [3.8, 4) is 33.4 Å². The minimum Gasteiger partial charge on any atom is -0.135 e. The quantitative estimate of drug-likeness (QED) is 0.180. The molecule has 0 saturated heterocycles. The van der Waals surface area contributed by atoms with Gasteiger partial charge in [-0.3, -0.25) is 0 Å². The second-order valence-electron chi connectivity index (χ2n) is 9.26. The van der Waals surface area contributed by atoms with Gasteiger partial charge in [-0.2, -0.15) is 0 Å². The molecule has 9 aromatic rings. The molecule has 0 amide bonds. The molecule has 0 fully saturated rings. The molecule has 0 aliphatic carbocycles. The number of thiophene rings is 1. The van der Waals surface area contributed by atoms with E-state index in [1.165, 1.54) is 0 Å². The molecule has 0 saturated carbocycles. The first-order valence-corrected chi connectivity index (χ1v) is 13.5. The van der Waals surface area contributed by atoms with E-state index in [1.807, 2.05) is 0 Å². The Morgan fingerprint density at radius 3 is 1.58 bits per heavy atom. The highest BCUT2D eigenvalue weighted by atomic mass is 32.1. The lowest BCUT2D eigenvalue weighted by molar-refractivity contribution is 1.64. The zero-order chi connectivity index (χ0) is 51.0. The van der Waals surface area contributed by atoms with Crippen LogP contribution < -0.4 is 0 Å².